The Labute approximate surface area is 184 Å². The summed E-state index contributed by atoms with van der Waals surface area (Å²) in [5.74, 6) is 0.813. The summed E-state index contributed by atoms with van der Waals surface area (Å²) >= 11 is 7.43. The van der Waals surface area contributed by atoms with Crippen LogP contribution in [-0.2, 0) is 10.5 Å². The maximum Gasteiger partial charge on any atom is 0.343 e. The van der Waals surface area contributed by atoms with Gasteiger partial charge in [0.15, 0.2) is 0 Å². The normalized spacial score (nSPS) is 10.7. The second kappa shape index (κ2) is 11.2. The molecule has 30 heavy (non-hydrogen) atoms. The zero-order valence-electron chi connectivity index (χ0n) is 16.0. The molecular weight excluding hydrogens is 420 g/mol. The van der Waals surface area contributed by atoms with Gasteiger partial charge in [-0.25, -0.2) is 10.2 Å². The smallest absolute Gasteiger partial charge is 0.343 e. The monoisotopic (exact) mass is 438 g/mol. The number of carbonyl (C=O) groups excluding carboxylic acids is 2. The van der Waals surface area contributed by atoms with E-state index in [1.54, 1.807) is 48.5 Å². The van der Waals surface area contributed by atoms with Crippen LogP contribution in [0.1, 0.15) is 21.5 Å². The summed E-state index contributed by atoms with van der Waals surface area (Å²) in [6.45, 7) is 0. The third-order valence-electron chi connectivity index (χ3n) is 3.89. The average molecular weight is 439 g/mol. The minimum Gasteiger partial charge on any atom is -0.423 e. The molecule has 0 saturated heterocycles. The Bertz CT molecular complexity index is 1020. The number of carbonyl (C=O) groups is 2. The zero-order chi connectivity index (χ0) is 21.2. The van der Waals surface area contributed by atoms with Crippen molar-refractivity contribution >= 4 is 41.5 Å². The van der Waals surface area contributed by atoms with Crippen molar-refractivity contribution in [1.82, 2.24) is 5.43 Å². The summed E-state index contributed by atoms with van der Waals surface area (Å²) in [6, 6.07) is 23.2. The Balaban J connectivity index is 1.41. The quantitative estimate of drug-likeness (QED) is 0.234. The lowest BCUT2D eigenvalue weighted by atomic mass is 10.2. The van der Waals surface area contributed by atoms with Gasteiger partial charge in [-0.15, -0.1) is 11.8 Å². The minimum absolute atomic E-state index is 0.188. The molecule has 3 aromatic rings. The molecule has 0 fully saturated rings. The molecule has 0 aliphatic heterocycles. The van der Waals surface area contributed by atoms with Gasteiger partial charge in [0, 0.05) is 10.8 Å². The van der Waals surface area contributed by atoms with Crippen LogP contribution in [0.25, 0.3) is 0 Å². The number of nitrogens with one attached hydrogen (secondary N) is 1. The molecule has 0 unspecified atom stereocenters. The number of benzene rings is 3. The number of hydrogen-bond acceptors (Lipinski definition) is 5. The fourth-order valence-corrected chi connectivity index (χ4v) is 3.44. The third kappa shape index (κ3) is 7.06. The molecule has 1 amide bonds. The van der Waals surface area contributed by atoms with E-state index in [-0.39, 0.29) is 11.7 Å². The molecule has 3 aromatic carbocycles. The average Bonchev–Trinajstić information content (AvgIpc) is 2.76. The van der Waals surface area contributed by atoms with Crippen LogP contribution in [0.5, 0.6) is 5.75 Å². The fraction of sp³-hybridized carbons (Fsp3) is 0.0870. The lowest BCUT2D eigenvalue weighted by molar-refractivity contribution is -0.118. The van der Waals surface area contributed by atoms with Gasteiger partial charge in [0.25, 0.3) is 0 Å². The Morgan fingerprint density at radius 2 is 1.77 bits per heavy atom. The number of nitrogens with zero attached hydrogens (tertiary/aromatic N) is 1. The van der Waals surface area contributed by atoms with Crippen molar-refractivity contribution in [2.45, 2.75) is 5.75 Å². The molecule has 0 bridgehead atoms. The van der Waals surface area contributed by atoms with Crippen LogP contribution >= 0.6 is 23.4 Å². The van der Waals surface area contributed by atoms with Gasteiger partial charge < -0.3 is 4.74 Å². The van der Waals surface area contributed by atoms with Crippen LogP contribution in [0.15, 0.2) is 84.0 Å². The lowest BCUT2D eigenvalue weighted by Gasteiger charge is -2.04. The molecule has 5 nitrogen and oxygen atoms in total. The predicted octanol–water partition coefficient (Wildman–Crippen LogP) is 4.94. The molecule has 152 valence electrons. The topological polar surface area (TPSA) is 67.8 Å². The van der Waals surface area contributed by atoms with Gasteiger partial charge in [-0.2, -0.15) is 5.10 Å². The van der Waals surface area contributed by atoms with E-state index in [2.05, 4.69) is 10.5 Å². The first kappa shape index (κ1) is 21.6. The molecule has 0 atom stereocenters. The Morgan fingerprint density at radius 3 is 2.50 bits per heavy atom. The second-order valence-electron chi connectivity index (χ2n) is 6.24. The fourth-order valence-electron chi connectivity index (χ4n) is 2.46. The van der Waals surface area contributed by atoms with Gasteiger partial charge in [-0.05, 0) is 59.7 Å². The Hall–Kier alpha value is -3.09. The van der Waals surface area contributed by atoms with E-state index in [0.717, 1.165) is 11.1 Å². The summed E-state index contributed by atoms with van der Waals surface area (Å²) in [6.07, 6.45) is 1.53. The Kier molecular flexibility index (Phi) is 8.06. The largest absolute Gasteiger partial charge is 0.423 e. The zero-order valence-corrected chi connectivity index (χ0v) is 17.5. The standard InChI is InChI=1S/C23H19ClN2O3S/c24-20-8-4-5-18(13-20)15-30-16-22(27)26-25-14-17-9-11-21(12-10-17)29-23(28)19-6-2-1-3-7-19/h1-14H,15-16H2,(H,26,27)/b25-14+. The van der Waals surface area contributed by atoms with Gasteiger partial charge in [0.05, 0.1) is 17.5 Å². The van der Waals surface area contributed by atoms with Crippen molar-refractivity contribution in [2.24, 2.45) is 5.10 Å². The van der Waals surface area contributed by atoms with Crippen LogP contribution in [0.4, 0.5) is 0 Å². The first-order chi connectivity index (χ1) is 14.6. The molecule has 0 saturated carbocycles. The van der Waals surface area contributed by atoms with E-state index in [1.807, 2.05) is 30.3 Å². The number of hydrogen-bond donors (Lipinski definition) is 1. The molecule has 0 spiro atoms. The van der Waals surface area contributed by atoms with Crippen LogP contribution < -0.4 is 10.2 Å². The second-order valence-corrected chi connectivity index (χ2v) is 7.66. The minimum atomic E-state index is -0.417. The molecule has 7 heteroatoms. The first-order valence-electron chi connectivity index (χ1n) is 9.11. The number of halogens is 1. The van der Waals surface area contributed by atoms with Gasteiger partial charge >= 0.3 is 5.97 Å². The lowest BCUT2D eigenvalue weighted by Crippen LogP contribution is -2.19. The van der Waals surface area contributed by atoms with Crippen molar-refractivity contribution in [3.05, 3.63) is 101 Å². The summed E-state index contributed by atoms with van der Waals surface area (Å²) in [5.41, 5.74) is 4.81. The molecule has 0 aliphatic carbocycles. The number of ether oxygens (including phenoxy) is 1. The maximum absolute atomic E-state index is 12.0. The SMILES string of the molecule is O=C(CSCc1cccc(Cl)c1)N/N=C/c1ccc(OC(=O)c2ccccc2)cc1. The number of hydrazone groups is 1. The highest BCUT2D eigenvalue weighted by Gasteiger charge is 2.07. The summed E-state index contributed by atoms with van der Waals surface area (Å²) in [7, 11) is 0. The highest BCUT2D eigenvalue weighted by molar-refractivity contribution is 7.99. The molecule has 0 radical (unpaired) electrons. The van der Waals surface area contributed by atoms with Crippen molar-refractivity contribution in [3.63, 3.8) is 0 Å². The van der Waals surface area contributed by atoms with Gasteiger partial charge in [0.2, 0.25) is 5.91 Å². The maximum atomic E-state index is 12.0. The van der Waals surface area contributed by atoms with Crippen molar-refractivity contribution in [1.29, 1.82) is 0 Å². The molecule has 3 rings (SSSR count). The van der Waals surface area contributed by atoms with E-state index < -0.39 is 5.97 Å². The van der Waals surface area contributed by atoms with Crippen molar-refractivity contribution in [3.8, 4) is 5.75 Å². The molecule has 0 heterocycles. The molecular formula is C23H19ClN2O3S. The van der Waals surface area contributed by atoms with Crippen LogP contribution in [0, 0.1) is 0 Å². The van der Waals surface area contributed by atoms with Crippen molar-refractivity contribution in [2.75, 3.05) is 5.75 Å². The summed E-state index contributed by atoms with van der Waals surface area (Å²) in [5, 5.41) is 4.64. The van der Waals surface area contributed by atoms with E-state index in [9.17, 15) is 9.59 Å². The van der Waals surface area contributed by atoms with Crippen LogP contribution in [0.3, 0.4) is 0 Å². The highest BCUT2D eigenvalue weighted by Crippen LogP contribution is 2.16. The van der Waals surface area contributed by atoms with Crippen molar-refractivity contribution < 1.29 is 14.3 Å². The number of amides is 1. The number of thioether (sulfide) groups is 1. The van der Waals surface area contributed by atoms with Gasteiger partial charge in [-0.1, -0.05) is 41.9 Å². The first-order valence-corrected chi connectivity index (χ1v) is 10.6. The molecule has 0 aliphatic rings. The number of esters is 1. The van der Waals surface area contributed by atoms with E-state index in [4.69, 9.17) is 16.3 Å². The molecule has 1 N–H and O–H groups in total. The number of rotatable bonds is 8. The predicted molar refractivity (Wildman–Crippen MR) is 121 cm³/mol. The Morgan fingerprint density at radius 1 is 1.00 bits per heavy atom. The van der Waals surface area contributed by atoms with E-state index in [0.29, 0.717) is 22.1 Å². The summed E-state index contributed by atoms with van der Waals surface area (Å²) in [4.78, 5) is 23.9. The highest BCUT2D eigenvalue weighted by atomic mass is 35.5. The van der Waals surface area contributed by atoms with Crippen LogP contribution in [0.2, 0.25) is 5.02 Å². The van der Waals surface area contributed by atoms with E-state index >= 15 is 0 Å². The van der Waals surface area contributed by atoms with Gasteiger partial charge in [0.1, 0.15) is 5.75 Å². The van der Waals surface area contributed by atoms with Gasteiger partial charge in [-0.3, -0.25) is 4.79 Å². The third-order valence-corrected chi connectivity index (χ3v) is 5.13. The summed E-state index contributed by atoms with van der Waals surface area (Å²) < 4.78 is 5.32. The van der Waals surface area contributed by atoms with E-state index in [1.165, 1.54) is 18.0 Å². The molecule has 0 aromatic heterocycles. The van der Waals surface area contributed by atoms with Crippen LogP contribution in [-0.4, -0.2) is 23.8 Å².